The minimum Gasteiger partial charge on any atom is -0.545 e. The van der Waals surface area contributed by atoms with E-state index in [-0.39, 0.29) is 0 Å². The normalized spacial score (nSPS) is 15.2. The van der Waals surface area contributed by atoms with Crippen molar-refractivity contribution >= 4 is 23.0 Å². The van der Waals surface area contributed by atoms with Crippen LogP contribution >= 0.6 is 0 Å². The molecule has 1 aliphatic heterocycles. The molecule has 0 amide bonds. The summed E-state index contributed by atoms with van der Waals surface area (Å²) < 4.78 is 5.75. The van der Waals surface area contributed by atoms with Gasteiger partial charge in [0.05, 0.1) is 17.6 Å². The number of rotatable bonds is 2. The quantitative estimate of drug-likeness (QED) is 0.769. The largest absolute Gasteiger partial charge is 0.545 e. The van der Waals surface area contributed by atoms with Gasteiger partial charge in [0, 0.05) is 24.0 Å². The standard InChI is InChI=1S/C16H14N2O3/c1-18-7-6-11-10(8-17)2-3-14-16(11)12(9-18)13(21-14)4-5-15(19)20/h2-5H,6-7,9H2,1H3,(H,19,20)/p-1/b5-4+. The molecule has 1 aliphatic rings. The summed E-state index contributed by atoms with van der Waals surface area (Å²) in [6, 6.07) is 5.74. The Morgan fingerprint density at radius 1 is 1.48 bits per heavy atom. The molecule has 3 rings (SSSR count). The van der Waals surface area contributed by atoms with Crippen molar-refractivity contribution in [2.75, 3.05) is 13.6 Å². The Balaban J connectivity index is 2.28. The summed E-state index contributed by atoms with van der Waals surface area (Å²) in [6.07, 6.45) is 3.15. The molecule has 0 saturated carbocycles. The van der Waals surface area contributed by atoms with Crippen molar-refractivity contribution in [3.05, 3.63) is 40.7 Å². The fourth-order valence-corrected chi connectivity index (χ4v) is 2.80. The van der Waals surface area contributed by atoms with Crippen molar-refractivity contribution in [2.45, 2.75) is 13.0 Å². The van der Waals surface area contributed by atoms with E-state index in [0.29, 0.717) is 23.5 Å². The molecule has 0 N–H and O–H groups in total. The zero-order chi connectivity index (χ0) is 15.0. The van der Waals surface area contributed by atoms with Gasteiger partial charge in [0.25, 0.3) is 0 Å². The predicted molar refractivity (Wildman–Crippen MR) is 75.0 cm³/mol. The first-order valence-electron chi connectivity index (χ1n) is 6.65. The van der Waals surface area contributed by atoms with Crippen LogP contribution in [-0.2, 0) is 17.8 Å². The molecular weight excluding hydrogens is 268 g/mol. The summed E-state index contributed by atoms with van der Waals surface area (Å²) in [5.74, 6) is -0.748. The highest BCUT2D eigenvalue weighted by atomic mass is 16.4. The first kappa shape index (κ1) is 13.4. The van der Waals surface area contributed by atoms with E-state index in [4.69, 9.17) is 4.42 Å². The summed E-state index contributed by atoms with van der Waals surface area (Å²) in [5, 5.41) is 20.8. The number of likely N-dealkylation sites (N-methyl/N-ethyl adjacent to an activating group) is 1. The highest BCUT2D eigenvalue weighted by Gasteiger charge is 2.22. The molecule has 21 heavy (non-hydrogen) atoms. The number of benzene rings is 1. The van der Waals surface area contributed by atoms with Gasteiger partial charge in [-0.3, -0.25) is 0 Å². The van der Waals surface area contributed by atoms with Gasteiger partial charge in [-0.25, -0.2) is 0 Å². The predicted octanol–water partition coefficient (Wildman–Crippen LogP) is 1.06. The van der Waals surface area contributed by atoms with Crippen LogP contribution in [0.15, 0.2) is 22.6 Å². The summed E-state index contributed by atoms with van der Waals surface area (Å²) in [7, 11) is 1.99. The summed E-state index contributed by atoms with van der Waals surface area (Å²) in [5.41, 5.74) is 3.24. The van der Waals surface area contributed by atoms with Gasteiger partial charge in [-0.1, -0.05) is 0 Å². The van der Waals surface area contributed by atoms with Gasteiger partial charge in [-0.2, -0.15) is 5.26 Å². The molecule has 0 atom stereocenters. The van der Waals surface area contributed by atoms with Gasteiger partial charge in [0.15, 0.2) is 0 Å². The fraction of sp³-hybridized carbons (Fsp3) is 0.250. The summed E-state index contributed by atoms with van der Waals surface area (Å²) >= 11 is 0. The number of nitriles is 1. The van der Waals surface area contributed by atoms with Crippen LogP contribution in [0.4, 0.5) is 0 Å². The summed E-state index contributed by atoms with van der Waals surface area (Å²) in [6.45, 7) is 1.49. The molecule has 106 valence electrons. The number of carboxylic acid groups (broad SMARTS) is 1. The molecule has 0 saturated heterocycles. The van der Waals surface area contributed by atoms with E-state index in [9.17, 15) is 15.2 Å². The molecule has 0 aliphatic carbocycles. The van der Waals surface area contributed by atoms with E-state index in [1.165, 1.54) is 6.08 Å². The van der Waals surface area contributed by atoms with E-state index in [1.54, 1.807) is 12.1 Å². The second kappa shape index (κ2) is 5.08. The number of aliphatic carboxylic acids is 1. The Labute approximate surface area is 121 Å². The molecule has 0 bridgehead atoms. The van der Waals surface area contributed by atoms with Crippen LogP contribution in [0, 0.1) is 11.3 Å². The number of nitrogens with zero attached hydrogens (tertiary/aromatic N) is 2. The summed E-state index contributed by atoms with van der Waals surface area (Å²) in [4.78, 5) is 12.7. The van der Waals surface area contributed by atoms with Crippen molar-refractivity contribution in [3.8, 4) is 6.07 Å². The maximum atomic E-state index is 10.6. The van der Waals surface area contributed by atoms with Crippen molar-refractivity contribution < 1.29 is 14.3 Å². The number of carbonyl (C=O) groups is 1. The van der Waals surface area contributed by atoms with Gasteiger partial charge in [-0.05, 0) is 43.3 Å². The zero-order valence-electron chi connectivity index (χ0n) is 11.5. The molecule has 1 aromatic heterocycles. The Bertz CT molecular complexity index is 796. The highest BCUT2D eigenvalue weighted by Crippen LogP contribution is 2.34. The minimum absolute atomic E-state index is 0.513. The molecule has 0 fully saturated rings. The van der Waals surface area contributed by atoms with Crippen molar-refractivity contribution in [2.24, 2.45) is 0 Å². The lowest BCUT2D eigenvalue weighted by atomic mass is 9.98. The van der Waals surface area contributed by atoms with Crippen LogP contribution < -0.4 is 5.11 Å². The third kappa shape index (κ3) is 2.30. The van der Waals surface area contributed by atoms with Crippen LogP contribution in [0.2, 0.25) is 0 Å². The molecule has 0 spiro atoms. The second-order valence-electron chi connectivity index (χ2n) is 5.16. The molecule has 2 aromatic rings. The fourth-order valence-electron chi connectivity index (χ4n) is 2.80. The van der Waals surface area contributed by atoms with E-state index in [1.807, 2.05) is 7.05 Å². The number of carbonyl (C=O) groups excluding carboxylic acids is 1. The third-order valence-corrected chi connectivity index (χ3v) is 3.76. The Hall–Kier alpha value is -2.58. The molecule has 5 nitrogen and oxygen atoms in total. The minimum atomic E-state index is -1.26. The molecule has 2 heterocycles. The van der Waals surface area contributed by atoms with Crippen molar-refractivity contribution in [3.63, 3.8) is 0 Å². The number of hydrogen-bond acceptors (Lipinski definition) is 5. The van der Waals surface area contributed by atoms with Crippen molar-refractivity contribution in [1.82, 2.24) is 4.90 Å². The zero-order valence-corrected chi connectivity index (χ0v) is 11.5. The Morgan fingerprint density at radius 3 is 3.00 bits per heavy atom. The average Bonchev–Trinajstić information content (AvgIpc) is 2.69. The lowest BCUT2D eigenvalue weighted by Gasteiger charge is -2.12. The number of furan rings is 1. The topological polar surface area (TPSA) is 80.3 Å². The maximum absolute atomic E-state index is 10.6. The van der Waals surface area contributed by atoms with E-state index in [0.717, 1.165) is 35.6 Å². The highest BCUT2D eigenvalue weighted by molar-refractivity contribution is 5.91. The first-order chi connectivity index (χ1) is 10.1. The monoisotopic (exact) mass is 281 g/mol. The Kier molecular flexibility index (Phi) is 3.24. The lowest BCUT2D eigenvalue weighted by molar-refractivity contribution is -0.297. The van der Waals surface area contributed by atoms with Gasteiger partial charge < -0.3 is 19.2 Å². The van der Waals surface area contributed by atoms with Crippen molar-refractivity contribution in [1.29, 1.82) is 5.26 Å². The van der Waals surface area contributed by atoms with Crippen LogP contribution in [-0.4, -0.2) is 24.5 Å². The maximum Gasteiger partial charge on any atom is 0.135 e. The molecule has 0 unspecified atom stereocenters. The molecular formula is C16H13N2O3-. The van der Waals surface area contributed by atoms with E-state index in [2.05, 4.69) is 11.0 Å². The van der Waals surface area contributed by atoms with Crippen LogP contribution in [0.3, 0.4) is 0 Å². The second-order valence-corrected chi connectivity index (χ2v) is 5.16. The van der Waals surface area contributed by atoms with E-state index >= 15 is 0 Å². The lowest BCUT2D eigenvalue weighted by Crippen LogP contribution is -2.19. The first-order valence-corrected chi connectivity index (χ1v) is 6.65. The average molecular weight is 281 g/mol. The van der Waals surface area contributed by atoms with E-state index < -0.39 is 5.97 Å². The third-order valence-electron chi connectivity index (χ3n) is 3.76. The smallest absolute Gasteiger partial charge is 0.135 e. The van der Waals surface area contributed by atoms with Gasteiger partial charge in [-0.15, -0.1) is 0 Å². The van der Waals surface area contributed by atoms with Crippen LogP contribution in [0.1, 0.15) is 22.5 Å². The van der Waals surface area contributed by atoms with Crippen LogP contribution in [0.25, 0.3) is 17.0 Å². The SMILES string of the molecule is CN1CCc2c(C#N)ccc3oc(/C=C/C(=O)[O-])c(c23)C1. The molecule has 0 radical (unpaired) electrons. The van der Waals surface area contributed by atoms with Gasteiger partial charge >= 0.3 is 0 Å². The van der Waals surface area contributed by atoms with Gasteiger partial charge in [0.2, 0.25) is 0 Å². The molecule has 1 aromatic carbocycles. The number of carboxylic acids is 1. The Morgan fingerprint density at radius 2 is 2.29 bits per heavy atom. The number of hydrogen-bond donors (Lipinski definition) is 0. The van der Waals surface area contributed by atoms with Gasteiger partial charge in [0.1, 0.15) is 11.3 Å². The van der Waals surface area contributed by atoms with Crippen LogP contribution in [0.5, 0.6) is 0 Å². The molecule has 5 heteroatoms.